The molecule has 1 saturated heterocycles. The SMILES string of the molecule is COc1ccc2ncc3c(c2n1)C(CNCC[C@@H]1CN(c2ccc4c(c2)NC(=O)CS4)C(=O)O1)CO3. The minimum Gasteiger partial charge on any atom is -0.491 e. The molecule has 3 aliphatic rings. The fourth-order valence-corrected chi connectivity index (χ4v) is 5.56. The van der Waals surface area contributed by atoms with Gasteiger partial charge in [-0.2, -0.15) is 0 Å². The lowest BCUT2D eigenvalue weighted by Crippen LogP contribution is -2.28. The molecule has 1 aromatic carbocycles. The van der Waals surface area contributed by atoms with Crippen molar-refractivity contribution in [3.05, 3.63) is 42.1 Å². The van der Waals surface area contributed by atoms with E-state index in [2.05, 4.69) is 20.6 Å². The molecule has 0 saturated carbocycles. The van der Waals surface area contributed by atoms with E-state index in [1.807, 2.05) is 24.3 Å². The number of benzene rings is 1. The second-order valence-electron chi connectivity index (χ2n) is 8.89. The van der Waals surface area contributed by atoms with Crippen LogP contribution in [-0.2, 0) is 9.53 Å². The summed E-state index contributed by atoms with van der Waals surface area (Å²) in [7, 11) is 1.60. The van der Waals surface area contributed by atoms with Crippen LogP contribution in [0.2, 0.25) is 0 Å². The van der Waals surface area contributed by atoms with Gasteiger partial charge in [-0.25, -0.2) is 9.78 Å². The number of methoxy groups -OCH3 is 1. The third-order valence-electron chi connectivity index (χ3n) is 6.56. The summed E-state index contributed by atoms with van der Waals surface area (Å²) < 4.78 is 16.8. The Bertz CT molecular complexity index is 1350. The quantitative estimate of drug-likeness (QED) is 0.465. The first-order valence-electron chi connectivity index (χ1n) is 11.8. The number of ether oxygens (including phenoxy) is 3. The number of pyridine rings is 2. The number of cyclic esters (lactones) is 1. The number of rotatable bonds is 7. The van der Waals surface area contributed by atoms with Gasteiger partial charge in [-0.05, 0) is 37.2 Å². The zero-order chi connectivity index (χ0) is 24.6. The van der Waals surface area contributed by atoms with E-state index in [0.29, 0.717) is 44.3 Å². The van der Waals surface area contributed by atoms with Crippen molar-refractivity contribution in [2.45, 2.75) is 23.3 Å². The average molecular weight is 508 g/mol. The molecule has 0 radical (unpaired) electrons. The molecule has 0 aliphatic carbocycles. The van der Waals surface area contributed by atoms with Crippen molar-refractivity contribution in [2.24, 2.45) is 0 Å². The van der Waals surface area contributed by atoms with Gasteiger partial charge in [0.05, 0.1) is 43.4 Å². The fourth-order valence-electron chi connectivity index (χ4n) is 4.77. The number of anilines is 2. The largest absolute Gasteiger partial charge is 0.491 e. The predicted molar refractivity (Wildman–Crippen MR) is 135 cm³/mol. The van der Waals surface area contributed by atoms with Crippen LogP contribution in [0.1, 0.15) is 17.9 Å². The molecule has 1 unspecified atom stereocenters. The summed E-state index contributed by atoms with van der Waals surface area (Å²) in [5.74, 6) is 1.81. The van der Waals surface area contributed by atoms with Crippen LogP contribution >= 0.6 is 11.8 Å². The smallest absolute Gasteiger partial charge is 0.414 e. The topological polar surface area (TPSA) is 115 Å². The van der Waals surface area contributed by atoms with Gasteiger partial charge in [-0.15, -0.1) is 11.8 Å². The molecule has 2 amide bonds. The first-order valence-corrected chi connectivity index (χ1v) is 12.8. The van der Waals surface area contributed by atoms with E-state index >= 15 is 0 Å². The first kappa shape index (κ1) is 22.9. The Morgan fingerprint density at radius 3 is 3.08 bits per heavy atom. The molecular formula is C25H25N5O5S. The van der Waals surface area contributed by atoms with Crippen LogP contribution in [0, 0.1) is 0 Å². The van der Waals surface area contributed by atoms with Gasteiger partial charge < -0.3 is 24.8 Å². The van der Waals surface area contributed by atoms with Crippen LogP contribution in [0.4, 0.5) is 16.2 Å². The monoisotopic (exact) mass is 507 g/mol. The van der Waals surface area contributed by atoms with E-state index in [1.165, 1.54) is 11.8 Å². The highest BCUT2D eigenvalue weighted by atomic mass is 32.2. The van der Waals surface area contributed by atoms with Crippen LogP contribution in [0.3, 0.4) is 0 Å². The molecule has 10 nitrogen and oxygen atoms in total. The zero-order valence-corrected chi connectivity index (χ0v) is 20.5. The average Bonchev–Trinajstić information content (AvgIpc) is 3.49. The van der Waals surface area contributed by atoms with Crippen molar-refractivity contribution < 1.29 is 23.8 Å². The maximum absolute atomic E-state index is 12.5. The minimum absolute atomic E-state index is 0.0351. The highest BCUT2D eigenvalue weighted by Gasteiger charge is 2.33. The number of nitrogens with one attached hydrogen (secondary N) is 2. The van der Waals surface area contributed by atoms with Gasteiger partial charge >= 0.3 is 6.09 Å². The maximum Gasteiger partial charge on any atom is 0.414 e. The number of hydrogen-bond donors (Lipinski definition) is 2. The Kier molecular flexibility index (Phi) is 6.02. The van der Waals surface area contributed by atoms with Crippen LogP contribution in [0.15, 0.2) is 41.4 Å². The first-order chi connectivity index (χ1) is 17.6. The van der Waals surface area contributed by atoms with Gasteiger partial charge in [-0.3, -0.25) is 14.7 Å². The molecule has 5 heterocycles. The van der Waals surface area contributed by atoms with Gasteiger partial charge in [0.25, 0.3) is 0 Å². The zero-order valence-electron chi connectivity index (χ0n) is 19.7. The Morgan fingerprint density at radius 2 is 2.19 bits per heavy atom. The molecule has 3 aliphatic heterocycles. The van der Waals surface area contributed by atoms with Gasteiger partial charge in [0, 0.05) is 34.7 Å². The third kappa shape index (κ3) is 4.28. The predicted octanol–water partition coefficient (Wildman–Crippen LogP) is 3.16. The lowest BCUT2D eigenvalue weighted by atomic mass is 10.00. The second-order valence-corrected chi connectivity index (χ2v) is 9.91. The lowest BCUT2D eigenvalue weighted by molar-refractivity contribution is -0.113. The summed E-state index contributed by atoms with van der Waals surface area (Å²) in [6, 6.07) is 9.37. The van der Waals surface area contributed by atoms with E-state index < -0.39 is 0 Å². The molecule has 6 rings (SSSR count). The van der Waals surface area contributed by atoms with Crippen LogP contribution in [-0.4, -0.2) is 67.2 Å². The number of nitrogens with zero attached hydrogens (tertiary/aromatic N) is 3. The number of aromatic nitrogens is 2. The van der Waals surface area contributed by atoms with Crippen LogP contribution < -0.4 is 25.0 Å². The molecule has 0 bridgehead atoms. The Balaban J connectivity index is 1.05. The number of hydrogen-bond acceptors (Lipinski definition) is 9. The van der Waals surface area contributed by atoms with Crippen molar-refractivity contribution in [3.8, 4) is 11.6 Å². The molecule has 2 N–H and O–H groups in total. The second kappa shape index (κ2) is 9.47. The van der Waals surface area contributed by atoms with Gasteiger partial charge in [0.1, 0.15) is 17.4 Å². The molecule has 3 aromatic rings. The molecule has 36 heavy (non-hydrogen) atoms. The van der Waals surface area contributed by atoms with Crippen molar-refractivity contribution in [3.63, 3.8) is 0 Å². The number of carbonyl (C=O) groups is 2. The number of fused-ring (bicyclic) bond motifs is 4. The van der Waals surface area contributed by atoms with Gasteiger partial charge in [0.2, 0.25) is 11.8 Å². The molecule has 2 aromatic heterocycles. The minimum atomic E-state index is -0.369. The highest BCUT2D eigenvalue weighted by molar-refractivity contribution is 8.00. The van der Waals surface area contributed by atoms with Crippen molar-refractivity contribution >= 4 is 46.2 Å². The molecule has 186 valence electrons. The van der Waals surface area contributed by atoms with E-state index in [1.54, 1.807) is 24.3 Å². The summed E-state index contributed by atoms with van der Waals surface area (Å²) in [4.78, 5) is 35.9. The summed E-state index contributed by atoms with van der Waals surface area (Å²) in [5, 5.41) is 6.35. The van der Waals surface area contributed by atoms with Crippen LogP contribution in [0.5, 0.6) is 11.6 Å². The molecule has 11 heteroatoms. The molecule has 2 atom stereocenters. The van der Waals surface area contributed by atoms with Gasteiger partial charge in [-0.1, -0.05) is 0 Å². The molecule has 0 spiro atoms. The normalized spacial score (nSPS) is 20.5. The third-order valence-corrected chi connectivity index (χ3v) is 7.64. The number of thioether (sulfide) groups is 1. The standard InChI is InChI=1S/C25H25N5O5S/c1-33-22-5-3-17-24(29-22)23-14(12-34-19(23)10-27-17)9-26-7-6-16-11-30(25(32)35-16)15-2-4-20-18(8-15)28-21(31)13-36-20/h2-5,8,10,14,16,26H,6-7,9,11-13H2,1H3,(H,28,31)/t14?,16-/m1/s1. The summed E-state index contributed by atoms with van der Waals surface area (Å²) >= 11 is 1.49. The van der Waals surface area contributed by atoms with Crippen molar-refractivity contribution in [1.82, 2.24) is 15.3 Å². The van der Waals surface area contributed by atoms with Crippen LogP contribution in [0.25, 0.3) is 11.0 Å². The van der Waals surface area contributed by atoms with Crippen molar-refractivity contribution in [1.29, 1.82) is 0 Å². The van der Waals surface area contributed by atoms with E-state index in [0.717, 1.165) is 38.6 Å². The fraction of sp³-hybridized carbons (Fsp3) is 0.360. The number of amides is 2. The summed E-state index contributed by atoms with van der Waals surface area (Å²) in [6.07, 6.45) is 1.85. The summed E-state index contributed by atoms with van der Waals surface area (Å²) in [5.41, 5.74) is 4.11. The van der Waals surface area contributed by atoms with Crippen molar-refractivity contribution in [2.75, 3.05) is 49.3 Å². The Labute approximate surface area is 211 Å². The summed E-state index contributed by atoms with van der Waals surface area (Å²) in [6.45, 7) is 2.42. The van der Waals surface area contributed by atoms with Gasteiger partial charge in [0.15, 0.2) is 0 Å². The molecule has 1 fully saturated rings. The van der Waals surface area contributed by atoms with E-state index in [-0.39, 0.29) is 24.0 Å². The highest BCUT2D eigenvalue weighted by Crippen LogP contribution is 2.38. The molecular weight excluding hydrogens is 482 g/mol. The Hall–Kier alpha value is -3.57. The van der Waals surface area contributed by atoms with E-state index in [4.69, 9.17) is 14.2 Å². The van der Waals surface area contributed by atoms with E-state index in [9.17, 15) is 9.59 Å². The lowest BCUT2D eigenvalue weighted by Gasteiger charge is -2.20. The Morgan fingerprint density at radius 1 is 1.28 bits per heavy atom. The number of carbonyl (C=O) groups excluding carboxylic acids is 2. The maximum atomic E-state index is 12.5.